The molecule has 0 aromatic heterocycles. The summed E-state index contributed by atoms with van der Waals surface area (Å²) >= 11 is 3.38. The third-order valence-electron chi connectivity index (χ3n) is 2.01. The lowest BCUT2D eigenvalue weighted by Crippen LogP contribution is -1.94. The van der Waals surface area contributed by atoms with Crippen LogP contribution < -0.4 is 0 Å². The lowest BCUT2D eigenvalue weighted by Gasteiger charge is -2.04. The van der Waals surface area contributed by atoms with Gasteiger partial charge in [-0.05, 0) is 31.4 Å². The van der Waals surface area contributed by atoms with Gasteiger partial charge in [-0.15, -0.1) is 0 Å². The van der Waals surface area contributed by atoms with Crippen molar-refractivity contribution in [2.45, 2.75) is 19.8 Å². The van der Waals surface area contributed by atoms with E-state index in [2.05, 4.69) is 22.0 Å². The van der Waals surface area contributed by atoms with Crippen molar-refractivity contribution in [3.8, 4) is 0 Å². The molecule has 0 radical (unpaired) electrons. The van der Waals surface area contributed by atoms with Gasteiger partial charge in [0.25, 0.3) is 0 Å². The molecule has 0 amide bonds. The number of aryl methyl sites for hydroxylation is 2. The standard InChI is InChI=1S/C11H13BrO/c1-9-4-5-10(3-2-6-12)11(7-9)8-13/h4-5,7-8H,2-3,6H2,1H3. The van der Waals surface area contributed by atoms with E-state index in [0.717, 1.165) is 41.1 Å². The molecule has 0 saturated carbocycles. The van der Waals surface area contributed by atoms with Crippen molar-refractivity contribution in [3.05, 3.63) is 34.9 Å². The van der Waals surface area contributed by atoms with Gasteiger partial charge in [-0.2, -0.15) is 0 Å². The SMILES string of the molecule is Cc1ccc(CCCBr)c(C=O)c1. The molecular formula is C11H13BrO. The fourth-order valence-electron chi connectivity index (χ4n) is 1.31. The Morgan fingerprint density at radius 1 is 1.46 bits per heavy atom. The van der Waals surface area contributed by atoms with E-state index in [1.807, 2.05) is 19.1 Å². The van der Waals surface area contributed by atoms with Gasteiger partial charge in [0, 0.05) is 10.9 Å². The van der Waals surface area contributed by atoms with E-state index in [9.17, 15) is 4.79 Å². The Labute approximate surface area is 87.3 Å². The molecule has 0 aliphatic rings. The Bertz CT molecular complexity index is 294. The first kappa shape index (κ1) is 10.5. The molecule has 1 aromatic rings. The summed E-state index contributed by atoms with van der Waals surface area (Å²) in [5.41, 5.74) is 3.13. The third-order valence-corrected chi connectivity index (χ3v) is 2.57. The second-order valence-electron chi connectivity index (χ2n) is 3.11. The van der Waals surface area contributed by atoms with Gasteiger partial charge in [0.05, 0.1) is 0 Å². The van der Waals surface area contributed by atoms with Crippen molar-refractivity contribution < 1.29 is 4.79 Å². The molecule has 0 atom stereocenters. The van der Waals surface area contributed by atoms with Crippen molar-refractivity contribution in [1.29, 1.82) is 0 Å². The minimum atomic E-state index is 0.834. The molecule has 0 spiro atoms. The molecule has 0 bridgehead atoms. The van der Waals surface area contributed by atoms with E-state index >= 15 is 0 Å². The molecule has 1 aromatic carbocycles. The highest BCUT2D eigenvalue weighted by atomic mass is 79.9. The Morgan fingerprint density at radius 2 is 2.23 bits per heavy atom. The number of rotatable bonds is 4. The van der Waals surface area contributed by atoms with E-state index in [1.54, 1.807) is 0 Å². The van der Waals surface area contributed by atoms with Crippen LogP contribution in [0.5, 0.6) is 0 Å². The number of aldehydes is 1. The minimum absolute atomic E-state index is 0.834. The predicted octanol–water partition coefficient (Wildman–Crippen LogP) is 3.14. The molecule has 1 rings (SSSR count). The van der Waals surface area contributed by atoms with Crippen LogP contribution >= 0.6 is 15.9 Å². The molecule has 0 aliphatic heterocycles. The number of benzene rings is 1. The van der Waals surface area contributed by atoms with Gasteiger partial charge >= 0.3 is 0 Å². The number of halogens is 1. The van der Waals surface area contributed by atoms with Crippen molar-refractivity contribution in [1.82, 2.24) is 0 Å². The van der Waals surface area contributed by atoms with Gasteiger partial charge in [-0.25, -0.2) is 0 Å². The van der Waals surface area contributed by atoms with Crippen LogP contribution in [0.3, 0.4) is 0 Å². The Kier molecular flexibility index (Phi) is 4.16. The average Bonchev–Trinajstić information content (AvgIpc) is 2.16. The second kappa shape index (κ2) is 5.18. The van der Waals surface area contributed by atoms with Crippen molar-refractivity contribution in [3.63, 3.8) is 0 Å². The van der Waals surface area contributed by atoms with Crippen LogP contribution in [-0.2, 0) is 6.42 Å². The highest BCUT2D eigenvalue weighted by Crippen LogP contribution is 2.12. The Morgan fingerprint density at radius 3 is 2.85 bits per heavy atom. The van der Waals surface area contributed by atoms with Crippen molar-refractivity contribution in [2.24, 2.45) is 0 Å². The summed E-state index contributed by atoms with van der Waals surface area (Å²) in [5, 5.41) is 0.985. The van der Waals surface area contributed by atoms with E-state index in [4.69, 9.17) is 0 Å². The summed E-state index contributed by atoms with van der Waals surface area (Å²) < 4.78 is 0. The Hall–Kier alpha value is -0.630. The number of carbonyl (C=O) groups excluding carboxylic acids is 1. The lowest BCUT2D eigenvalue weighted by atomic mass is 10.0. The zero-order chi connectivity index (χ0) is 9.68. The summed E-state index contributed by atoms with van der Waals surface area (Å²) in [7, 11) is 0. The summed E-state index contributed by atoms with van der Waals surface area (Å²) in [6.07, 6.45) is 2.99. The minimum Gasteiger partial charge on any atom is -0.298 e. The van der Waals surface area contributed by atoms with Gasteiger partial charge in [-0.3, -0.25) is 4.79 Å². The lowest BCUT2D eigenvalue weighted by molar-refractivity contribution is 0.112. The van der Waals surface area contributed by atoms with Crippen LogP contribution in [0.2, 0.25) is 0 Å². The number of hydrogen-bond acceptors (Lipinski definition) is 1. The topological polar surface area (TPSA) is 17.1 Å². The predicted molar refractivity (Wildman–Crippen MR) is 58.7 cm³/mol. The molecule has 0 unspecified atom stereocenters. The maximum atomic E-state index is 10.7. The number of hydrogen-bond donors (Lipinski definition) is 0. The van der Waals surface area contributed by atoms with Crippen molar-refractivity contribution in [2.75, 3.05) is 5.33 Å². The first-order chi connectivity index (χ1) is 6.27. The summed E-state index contributed by atoms with van der Waals surface area (Å²) in [6, 6.07) is 6.04. The highest BCUT2D eigenvalue weighted by molar-refractivity contribution is 9.09. The zero-order valence-corrected chi connectivity index (χ0v) is 9.30. The molecule has 70 valence electrons. The normalized spacial score (nSPS) is 10.0. The fourth-order valence-corrected chi connectivity index (χ4v) is 1.59. The Balaban J connectivity index is 2.86. The smallest absolute Gasteiger partial charge is 0.150 e. The third kappa shape index (κ3) is 2.96. The van der Waals surface area contributed by atoms with Crippen LogP contribution in [0.1, 0.15) is 27.9 Å². The van der Waals surface area contributed by atoms with Gasteiger partial charge < -0.3 is 0 Å². The first-order valence-electron chi connectivity index (χ1n) is 4.38. The summed E-state index contributed by atoms with van der Waals surface area (Å²) in [6.45, 7) is 2.00. The average molecular weight is 241 g/mol. The van der Waals surface area contributed by atoms with Crippen LogP contribution in [0.25, 0.3) is 0 Å². The van der Waals surface area contributed by atoms with Gasteiger partial charge in [-0.1, -0.05) is 33.6 Å². The monoisotopic (exact) mass is 240 g/mol. The molecule has 0 fully saturated rings. The molecule has 2 heteroatoms. The fraction of sp³-hybridized carbons (Fsp3) is 0.364. The van der Waals surface area contributed by atoms with Crippen LogP contribution in [0.4, 0.5) is 0 Å². The summed E-state index contributed by atoms with van der Waals surface area (Å²) in [5.74, 6) is 0. The van der Waals surface area contributed by atoms with E-state index in [-0.39, 0.29) is 0 Å². The van der Waals surface area contributed by atoms with Gasteiger partial charge in [0.1, 0.15) is 6.29 Å². The molecule has 0 aliphatic carbocycles. The zero-order valence-electron chi connectivity index (χ0n) is 7.72. The van der Waals surface area contributed by atoms with Gasteiger partial charge in [0.15, 0.2) is 0 Å². The molecular weight excluding hydrogens is 228 g/mol. The van der Waals surface area contributed by atoms with E-state index in [1.165, 1.54) is 0 Å². The van der Waals surface area contributed by atoms with Crippen LogP contribution in [-0.4, -0.2) is 11.6 Å². The van der Waals surface area contributed by atoms with Crippen LogP contribution in [0.15, 0.2) is 18.2 Å². The number of carbonyl (C=O) groups is 1. The molecule has 0 heterocycles. The largest absolute Gasteiger partial charge is 0.298 e. The number of alkyl halides is 1. The molecule has 13 heavy (non-hydrogen) atoms. The van der Waals surface area contributed by atoms with E-state index < -0.39 is 0 Å². The van der Waals surface area contributed by atoms with Crippen molar-refractivity contribution >= 4 is 22.2 Å². The first-order valence-corrected chi connectivity index (χ1v) is 5.50. The maximum Gasteiger partial charge on any atom is 0.150 e. The highest BCUT2D eigenvalue weighted by Gasteiger charge is 2.00. The molecule has 0 N–H and O–H groups in total. The molecule has 1 nitrogen and oxygen atoms in total. The van der Waals surface area contributed by atoms with Gasteiger partial charge in [0.2, 0.25) is 0 Å². The maximum absolute atomic E-state index is 10.7. The second-order valence-corrected chi connectivity index (χ2v) is 3.91. The summed E-state index contributed by atoms with van der Waals surface area (Å²) in [4.78, 5) is 10.7. The van der Waals surface area contributed by atoms with E-state index in [0.29, 0.717) is 0 Å². The molecule has 0 saturated heterocycles. The quantitative estimate of drug-likeness (QED) is 0.584. The van der Waals surface area contributed by atoms with Crippen LogP contribution in [0, 0.1) is 6.92 Å².